The molecule has 0 aromatic heterocycles. The topological polar surface area (TPSA) is 65.3 Å². The maximum absolute atomic E-state index is 9.97. The van der Waals surface area contributed by atoms with Gasteiger partial charge in [-0.1, -0.05) is 26.0 Å². The van der Waals surface area contributed by atoms with E-state index in [-0.39, 0.29) is 0 Å². The first-order chi connectivity index (χ1) is 9.63. The van der Waals surface area contributed by atoms with E-state index in [0.717, 1.165) is 25.1 Å². The molecule has 0 radical (unpaired) electrons. The van der Waals surface area contributed by atoms with Gasteiger partial charge in [-0.2, -0.15) is 5.26 Å². The molecule has 4 nitrogen and oxygen atoms in total. The Hall–Kier alpha value is -1.41. The first-order valence-corrected chi connectivity index (χ1v) is 7.10. The molecule has 0 aliphatic carbocycles. The maximum Gasteiger partial charge on any atom is 0.0991 e. The van der Waals surface area contributed by atoms with Gasteiger partial charge in [0.05, 0.1) is 24.3 Å². The largest absolute Gasteiger partial charge is 0.387 e. The van der Waals surface area contributed by atoms with Crippen molar-refractivity contribution in [1.82, 2.24) is 5.32 Å². The average Bonchev–Trinajstić information content (AvgIpc) is 2.45. The second-order valence-corrected chi connectivity index (χ2v) is 5.25. The minimum absolute atomic E-state index is 0.486. The highest BCUT2D eigenvalue weighted by Gasteiger charge is 2.06. The van der Waals surface area contributed by atoms with E-state index in [0.29, 0.717) is 24.6 Å². The van der Waals surface area contributed by atoms with Crippen LogP contribution in [0.15, 0.2) is 24.3 Å². The van der Waals surface area contributed by atoms with Gasteiger partial charge in [-0.15, -0.1) is 0 Å². The van der Waals surface area contributed by atoms with E-state index < -0.39 is 6.10 Å². The number of rotatable bonds is 9. The van der Waals surface area contributed by atoms with Gasteiger partial charge >= 0.3 is 0 Å². The normalized spacial score (nSPS) is 12.3. The number of nitriles is 1. The van der Waals surface area contributed by atoms with Crippen molar-refractivity contribution in [2.75, 3.05) is 26.3 Å². The van der Waals surface area contributed by atoms with Gasteiger partial charge in [0, 0.05) is 19.7 Å². The summed E-state index contributed by atoms with van der Waals surface area (Å²) in [5.74, 6) is 0.668. The Balaban J connectivity index is 2.13. The van der Waals surface area contributed by atoms with Crippen LogP contribution in [0.2, 0.25) is 0 Å². The number of nitrogens with zero attached hydrogens (tertiary/aromatic N) is 1. The van der Waals surface area contributed by atoms with Gasteiger partial charge < -0.3 is 15.2 Å². The summed E-state index contributed by atoms with van der Waals surface area (Å²) in [5.41, 5.74) is 1.42. The molecule has 1 unspecified atom stereocenters. The molecule has 0 heterocycles. The second kappa shape index (κ2) is 9.49. The van der Waals surface area contributed by atoms with E-state index in [1.807, 2.05) is 0 Å². The lowest BCUT2D eigenvalue weighted by Crippen LogP contribution is -2.25. The van der Waals surface area contributed by atoms with Gasteiger partial charge in [-0.25, -0.2) is 0 Å². The fraction of sp³-hybridized carbons (Fsp3) is 0.562. The molecule has 4 heteroatoms. The summed E-state index contributed by atoms with van der Waals surface area (Å²) in [6.45, 7) is 7.01. The van der Waals surface area contributed by atoms with Crippen LogP contribution in [-0.4, -0.2) is 31.4 Å². The third-order valence-electron chi connectivity index (χ3n) is 3.02. The smallest absolute Gasteiger partial charge is 0.0991 e. The molecule has 0 aliphatic rings. The lowest BCUT2D eigenvalue weighted by molar-refractivity contribution is 0.119. The van der Waals surface area contributed by atoms with Crippen LogP contribution in [-0.2, 0) is 4.74 Å². The van der Waals surface area contributed by atoms with Gasteiger partial charge in [0.15, 0.2) is 0 Å². The van der Waals surface area contributed by atoms with Crippen LogP contribution in [0.25, 0.3) is 0 Å². The quantitative estimate of drug-likeness (QED) is 0.679. The van der Waals surface area contributed by atoms with E-state index in [2.05, 4.69) is 25.2 Å². The highest BCUT2D eigenvalue weighted by Crippen LogP contribution is 2.12. The number of hydrogen-bond acceptors (Lipinski definition) is 4. The zero-order valence-electron chi connectivity index (χ0n) is 12.3. The standard InChI is InChI=1S/C16H24N2O2/c1-13(2)7-9-20-10-8-18-12-16(19)15-5-3-14(11-17)4-6-15/h3-6,13,16,18-19H,7-10,12H2,1-2H3. The van der Waals surface area contributed by atoms with Crippen molar-refractivity contribution in [3.63, 3.8) is 0 Å². The number of aliphatic hydroxyl groups is 1. The van der Waals surface area contributed by atoms with E-state index in [4.69, 9.17) is 10.00 Å². The lowest BCUT2D eigenvalue weighted by atomic mass is 10.1. The van der Waals surface area contributed by atoms with Crippen molar-refractivity contribution < 1.29 is 9.84 Å². The number of benzene rings is 1. The third kappa shape index (κ3) is 6.67. The first kappa shape index (κ1) is 16.6. The third-order valence-corrected chi connectivity index (χ3v) is 3.02. The molecule has 1 atom stereocenters. The molecular formula is C16H24N2O2. The molecule has 0 saturated heterocycles. The summed E-state index contributed by atoms with van der Waals surface area (Å²) < 4.78 is 5.48. The maximum atomic E-state index is 9.97. The van der Waals surface area contributed by atoms with Gasteiger partial charge in [-0.05, 0) is 30.0 Å². The predicted octanol–water partition coefficient (Wildman–Crippen LogP) is 2.24. The second-order valence-electron chi connectivity index (χ2n) is 5.25. The Bertz CT molecular complexity index is 409. The molecule has 0 spiro atoms. The van der Waals surface area contributed by atoms with E-state index in [1.54, 1.807) is 24.3 Å². The predicted molar refractivity (Wildman–Crippen MR) is 79.3 cm³/mol. The van der Waals surface area contributed by atoms with E-state index in [1.165, 1.54) is 0 Å². The van der Waals surface area contributed by atoms with E-state index >= 15 is 0 Å². The van der Waals surface area contributed by atoms with E-state index in [9.17, 15) is 5.11 Å². The molecule has 0 aliphatic heterocycles. The summed E-state index contributed by atoms with van der Waals surface area (Å²) in [7, 11) is 0. The van der Waals surface area contributed by atoms with Crippen molar-refractivity contribution in [2.45, 2.75) is 26.4 Å². The van der Waals surface area contributed by atoms with Crippen LogP contribution in [0.4, 0.5) is 0 Å². The lowest BCUT2D eigenvalue weighted by Gasteiger charge is -2.12. The average molecular weight is 276 g/mol. The number of nitrogens with one attached hydrogen (secondary N) is 1. The molecule has 20 heavy (non-hydrogen) atoms. The Kier molecular flexibility index (Phi) is 7.89. The summed E-state index contributed by atoms with van der Waals surface area (Å²) >= 11 is 0. The fourth-order valence-electron chi connectivity index (χ4n) is 1.70. The van der Waals surface area contributed by atoms with Gasteiger partial charge in [0.2, 0.25) is 0 Å². The van der Waals surface area contributed by atoms with Crippen molar-refractivity contribution >= 4 is 0 Å². The van der Waals surface area contributed by atoms with Crippen LogP contribution >= 0.6 is 0 Å². The van der Waals surface area contributed by atoms with Crippen LogP contribution in [0.1, 0.15) is 37.5 Å². The molecule has 1 aromatic rings. The Morgan fingerprint density at radius 1 is 1.25 bits per heavy atom. The SMILES string of the molecule is CC(C)CCOCCNCC(O)c1ccc(C#N)cc1. The van der Waals surface area contributed by atoms with Crippen LogP contribution in [0.3, 0.4) is 0 Å². The summed E-state index contributed by atoms with van der Waals surface area (Å²) in [4.78, 5) is 0. The molecule has 110 valence electrons. The highest BCUT2D eigenvalue weighted by atomic mass is 16.5. The summed E-state index contributed by atoms with van der Waals surface area (Å²) in [5, 5.41) is 21.8. The van der Waals surface area contributed by atoms with Crippen LogP contribution in [0.5, 0.6) is 0 Å². The minimum Gasteiger partial charge on any atom is -0.387 e. The molecule has 0 fully saturated rings. The molecular weight excluding hydrogens is 252 g/mol. The van der Waals surface area contributed by atoms with Gasteiger partial charge in [0.25, 0.3) is 0 Å². The molecule has 1 aromatic carbocycles. The molecule has 0 amide bonds. The van der Waals surface area contributed by atoms with Crippen molar-refractivity contribution in [1.29, 1.82) is 5.26 Å². The van der Waals surface area contributed by atoms with Crippen LogP contribution < -0.4 is 5.32 Å². The number of hydrogen-bond donors (Lipinski definition) is 2. The van der Waals surface area contributed by atoms with Crippen molar-refractivity contribution in [3.8, 4) is 6.07 Å². The Morgan fingerprint density at radius 3 is 2.55 bits per heavy atom. The van der Waals surface area contributed by atoms with Crippen molar-refractivity contribution in [2.24, 2.45) is 5.92 Å². The number of aliphatic hydroxyl groups excluding tert-OH is 1. The highest BCUT2D eigenvalue weighted by molar-refractivity contribution is 5.32. The zero-order chi connectivity index (χ0) is 14.8. The van der Waals surface area contributed by atoms with Crippen LogP contribution in [0, 0.1) is 17.2 Å². The van der Waals surface area contributed by atoms with Crippen molar-refractivity contribution in [3.05, 3.63) is 35.4 Å². The summed E-state index contributed by atoms with van der Waals surface area (Å²) in [6, 6.07) is 9.05. The molecule has 0 bridgehead atoms. The Morgan fingerprint density at radius 2 is 1.95 bits per heavy atom. The Labute approximate surface area is 121 Å². The van der Waals surface area contributed by atoms with Gasteiger partial charge in [-0.3, -0.25) is 0 Å². The van der Waals surface area contributed by atoms with Gasteiger partial charge in [0.1, 0.15) is 0 Å². The molecule has 1 rings (SSSR count). The zero-order valence-corrected chi connectivity index (χ0v) is 12.3. The molecule has 0 saturated carbocycles. The first-order valence-electron chi connectivity index (χ1n) is 7.10. The molecule has 2 N–H and O–H groups in total. The fourth-order valence-corrected chi connectivity index (χ4v) is 1.70. The minimum atomic E-state index is -0.557. The summed E-state index contributed by atoms with van der Waals surface area (Å²) in [6.07, 6.45) is 0.520. The number of ether oxygens (including phenoxy) is 1. The monoisotopic (exact) mass is 276 g/mol.